The van der Waals surface area contributed by atoms with Crippen LogP contribution in [-0.4, -0.2) is 31.1 Å². The first-order chi connectivity index (χ1) is 7.25. The van der Waals surface area contributed by atoms with Crippen LogP contribution in [0.1, 0.15) is 5.69 Å². The van der Waals surface area contributed by atoms with E-state index < -0.39 is 5.97 Å². The Balaban J connectivity index is 2.24. The molecule has 2 rings (SSSR count). The Morgan fingerprint density at radius 1 is 1.53 bits per heavy atom. The van der Waals surface area contributed by atoms with Gasteiger partial charge in [-0.2, -0.15) is 0 Å². The lowest BCUT2D eigenvalue weighted by molar-refractivity contribution is -0.136. The lowest BCUT2D eigenvalue weighted by Gasteiger charge is -1.96. The molecule has 2 aromatic rings. The molecule has 2 heterocycles. The Morgan fingerprint density at radius 3 is 3.07 bits per heavy atom. The molecule has 0 aromatic carbocycles. The number of pyridine rings is 1. The van der Waals surface area contributed by atoms with Crippen LogP contribution in [-0.2, 0) is 11.2 Å². The Hall–Kier alpha value is -2.24. The van der Waals surface area contributed by atoms with Crippen LogP contribution in [0.25, 0.3) is 5.69 Å². The summed E-state index contributed by atoms with van der Waals surface area (Å²) in [7, 11) is 0. The molecule has 0 bridgehead atoms. The number of hydrogen-bond acceptors (Lipinski definition) is 4. The summed E-state index contributed by atoms with van der Waals surface area (Å²) in [5.74, 6) is -0.923. The van der Waals surface area contributed by atoms with Crippen molar-refractivity contribution in [2.45, 2.75) is 6.42 Å². The topological polar surface area (TPSA) is 80.9 Å². The van der Waals surface area contributed by atoms with Gasteiger partial charge in [0.1, 0.15) is 0 Å². The van der Waals surface area contributed by atoms with Gasteiger partial charge in [-0.25, -0.2) is 4.68 Å². The molecular formula is C9H8N4O2. The summed E-state index contributed by atoms with van der Waals surface area (Å²) in [5, 5.41) is 16.1. The normalized spacial score (nSPS) is 10.1. The summed E-state index contributed by atoms with van der Waals surface area (Å²) in [6.45, 7) is 0. The average Bonchev–Trinajstić information content (AvgIpc) is 2.67. The maximum Gasteiger partial charge on any atom is 0.309 e. The van der Waals surface area contributed by atoms with Crippen molar-refractivity contribution in [2.24, 2.45) is 0 Å². The molecule has 0 aliphatic carbocycles. The number of carboxylic acids is 1. The first-order valence-electron chi connectivity index (χ1n) is 4.29. The van der Waals surface area contributed by atoms with Crippen molar-refractivity contribution in [3.05, 3.63) is 36.4 Å². The summed E-state index contributed by atoms with van der Waals surface area (Å²) in [6, 6.07) is 3.58. The van der Waals surface area contributed by atoms with Crippen molar-refractivity contribution in [1.29, 1.82) is 0 Å². The largest absolute Gasteiger partial charge is 0.481 e. The van der Waals surface area contributed by atoms with Crippen molar-refractivity contribution in [1.82, 2.24) is 20.0 Å². The minimum Gasteiger partial charge on any atom is -0.481 e. The molecule has 0 aliphatic heterocycles. The second-order valence-electron chi connectivity index (χ2n) is 2.94. The van der Waals surface area contributed by atoms with Gasteiger partial charge in [-0.15, -0.1) is 5.10 Å². The average molecular weight is 204 g/mol. The Bertz CT molecular complexity index is 466. The van der Waals surface area contributed by atoms with E-state index in [1.165, 1.54) is 4.68 Å². The van der Waals surface area contributed by atoms with Crippen LogP contribution in [0, 0.1) is 0 Å². The summed E-state index contributed by atoms with van der Waals surface area (Å²) < 4.78 is 1.49. The molecule has 2 aromatic heterocycles. The predicted octanol–water partition coefficient (Wildman–Crippen LogP) is 0.289. The molecule has 6 nitrogen and oxygen atoms in total. The number of carboxylic acid groups (broad SMARTS) is 1. The minimum absolute atomic E-state index is 0.125. The van der Waals surface area contributed by atoms with Crippen molar-refractivity contribution in [2.75, 3.05) is 0 Å². The monoisotopic (exact) mass is 204 g/mol. The van der Waals surface area contributed by atoms with E-state index in [4.69, 9.17) is 5.11 Å². The Morgan fingerprint density at radius 2 is 2.40 bits per heavy atom. The lowest BCUT2D eigenvalue weighted by atomic mass is 10.3. The van der Waals surface area contributed by atoms with E-state index >= 15 is 0 Å². The molecule has 0 saturated heterocycles. The number of aliphatic carboxylic acids is 1. The third kappa shape index (κ3) is 2.16. The molecule has 0 unspecified atom stereocenters. The van der Waals surface area contributed by atoms with Gasteiger partial charge in [0.25, 0.3) is 0 Å². The van der Waals surface area contributed by atoms with Crippen LogP contribution in [0.4, 0.5) is 0 Å². The third-order valence-electron chi connectivity index (χ3n) is 1.78. The molecule has 76 valence electrons. The van der Waals surface area contributed by atoms with Crippen LogP contribution in [0.3, 0.4) is 0 Å². The molecule has 15 heavy (non-hydrogen) atoms. The highest BCUT2D eigenvalue weighted by Gasteiger charge is 2.06. The van der Waals surface area contributed by atoms with E-state index in [1.54, 1.807) is 24.7 Å². The van der Waals surface area contributed by atoms with Crippen LogP contribution in [0.15, 0.2) is 30.7 Å². The van der Waals surface area contributed by atoms with Crippen molar-refractivity contribution in [3.63, 3.8) is 0 Å². The summed E-state index contributed by atoms with van der Waals surface area (Å²) >= 11 is 0. The van der Waals surface area contributed by atoms with Crippen LogP contribution < -0.4 is 0 Å². The van der Waals surface area contributed by atoms with E-state index in [-0.39, 0.29) is 6.42 Å². The van der Waals surface area contributed by atoms with Crippen LogP contribution in [0.5, 0.6) is 0 Å². The van der Waals surface area contributed by atoms with Gasteiger partial charge in [0.05, 0.1) is 30.2 Å². The molecule has 0 spiro atoms. The van der Waals surface area contributed by atoms with Gasteiger partial charge in [-0.3, -0.25) is 9.78 Å². The fraction of sp³-hybridized carbons (Fsp3) is 0.111. The molecule has 0 fully saturated rings. The molecule has 6 heteroatoms. The molecule has 0 radical (unpaired) electrons. The number of nitrogens with zero attached hydrogens (tertiary/aromatic N) is 4. The fourth-order valence-corrected chi connectivity index (χ4v) is 1.15. The third-order valence-corrected chi connectivity index (χ3v) is 1.78. The molecule has 1 N–H and O–H groups in total. The number of hydrogen-bond donors (Lipinski definition) is 1. The first-order valence-corrected chi connectivity index (χ1v) is 4.29. The highest BCUT2D eigenvalue weighted by atomic mass is 16.4. The number of rotatable bonds is 3. The zero-order valence-electron chi connectivity index (χ0n) is 7.74. The van der Waals surface area contributed by atoms with E-state index in [0.717, 1.165) is 5.69 Å². The van der Waals surface area contributed by atoms with Gasteiger partial charge in [0, 0.05) is 6.20 Å². The highest BCUT2D eigenvalue weighted by Crippen LogP contribution is 2.04. The zero-order valence-corrected chi connectivity index (χ0v) is 7.74. The quantitative estimate of drug-likeness (QED) is 0.777. The molecule has 0 saturated carbocycles. The van der Waals surface area contributed by atoms with Gasteiger partial charge in [-0.05, 0) is 12.1 Å². The first kappa shape index (κ1) is 9.32. The van der Waals surface area contributed by atoms with Gasteiger partial charge >= 0.3 is 5.97 Å². The Kier molecular flexibility index (Phi) is 2.40. The van der Waals surface area contributed by atoms with Gasteiger partial charge < -0.3 is 5.11 Å². The zero-order chi connectivity index (χ0) is 10.7. The highest BCUT2D eigenvalue weighted by molar-refractivity contribution is 5.69. The summed E-state index contributed by atoms with van der Waals surface area (Å²) in [4.78, 5) is 14.4. The second-order valence-corrected chi connectivity index (χ2v) is 2.94. The molecule has 0 atom stereocenters. The van der Waals surface area contributed by atoms with Gasteiger partial charge in [-0.1, -0.05) is 5.21 Å². The van der Waals surface area contributed by atoms with Crippen LogP contribution >= 0.6 is 0 Å². The van der Waals surface area contributed by atoms with Crippen LogP contribution in [0.2, 0.25) is 0 Å². The fourth-order valence-electron chi connectivity index (χ4n) is 1.15. The van der Waals surface area contributed by atoms with E-state index in [1.807, 2.05) is 6.07 Å². The molecular weight excluding hydrogens is 196 g/mol. The number of aromatic nitrogens is 4. The lowest BCUT2D eigenvalue weighted by Crippen LogP contribution is -1.99. The van der Waals surface area contributed by atoms with Gasteiger partial charge in [0.15, 0.2) is 0 Å². The summed E-state index contributed by atoms with van der Waals surface area (Å²) in [5.41, 5.74) is 1.17. The smallest absolute Gasteiger partial charge is 0.309 e. The van der Waals surface area contributed by atoms with E-state index in [9.17, 15) is 4.79 Å². The van der Waals surface area contributed by atoms with E-state index in [0.29, 0.717) is 5.69 Å². The Labute approximate surface area is 85.2 Å². The van der Waals surface area contributed by atoms with Crippen molar-refractivity contribution >= 4 is 5.97 Å². The minimum atomic E-state index is -0.923. The standard InChI is InChI=1S/C9H8N4O2/c14-9(15)4-7-6-13(12-11-7)8-2-1-3-10-5-8/h1-3,5-6H,4H2,(H,14,15). The maximum absolute atomic E-state index is 10.4. The molecule has 0 amide bonds. The second kappa shape index (κ2) is 3.87. The van der Waals surface area contributed by atoms with E-state index in [2.05, 4.69) is 15.3 Å². The molecule has 0 aliphatic rings. The van der Waals surface area contributed by atoms with Crippen molar-refractivity contribution in [3.8, 4) is 5.69 Å². The predicted molar refractivity (Wildman–Crippen MR) is 50.5 cm³/mol. The maximum atomic E-state index is 10.4. The number of carbonyl (C=O) groups is 1. The van der Waals surface area contributed by atoms with Gasteiger partial charge in [0.2, 0.25) is 0 Å². The van der Waals surface area contributed by atoms with Crippen molar-refractivity contribution < 1.29 is 9.90 Å². The SMILES string of the molecule is O=C(O)Cc1cn(-c2cccnc2)nn1. The summed E-state index contributed by atoms with van der Waals surface area (Å²) in [6.07, 6.45) is 4.73.